The number of anilines is 1. The van der Waals surface area contributed by atoms with Gasteiger partial charge in [0.05, 0.1) is 6.10 Å². The third-order valence-corrected chi connectivity index (χ3v) is 6.25. The molecule has 4 rings (SSSR count). The Labute approximate surface area is 192 Å². The first-order chi connectivity index (χ1) is 15.6. The van der Waals surface area contributed by atoms with Gasteiger partial charge in [0.25, 0.3) is 11.8 Å². The molecule has 1 heterocycles. The zero-order valence-corrected chi connectivity index (χ0v) is 18.8. The average Bonchev–Trinajstić information content (AvgIpc) is 3.49. The zero-order chi connectivity index (χ0) is 22.3. The molecule has 2 amide bonds. The molecule has 0 unspecified atom stereocenters. The minimum atomic E-state index is -0.384. The third-order valence-electron chi connectivity index (χ3n) is 5.43. The molecule has 1 saturated carbocycles. The van der Waals surface area contributed by atoms with Crippen LogP contribution >= 0.6 is 11.3 Å². The maximum absolute atomic E-state index is 13.0. The van der Waals surface area contributed by atoms with Crippen LogP contribution in [0.5, 0.6) is 5.75 Å². The number of benzene rings is 2. The van der Waals surface area contributed by atoms with Gasteiger partial charge in [-0.3, -0.25) is 9.59 Å². The number of hydrogen-bond donors (Lipinski definition) is 2. The van der Waals surface area contributed by atoms with Gasteiger partial charge in [-0.2, -0.15) is 0 Å². The largest absolute Gasteiger partial charge is 0.490 e. The molecule has 0 bridgehead atoms. The molecule has 1 aromatic heterocycles. The molecule has 0 spiro atoms. The van der Waals surface area contributed by atoms with E-state index in [1.165, 1.54) is 24.2 Å². The smallest absolute Gasteiger partial charge is 0.272 e. The van der Waals surface area contributed by atoms with E-state index in [1.54, 1.807) is 18.2 Å². The van der Waals surface area contributed by atoms with Crippen LogP contribution in [0.4, 0.5) is 5.69 Å². The van der Waals surface area contributed by atoms with E-state index in [0.29, 0.717) is 11.3 Å². The highest BCUT2D eigenvalue weighted by atomic mass is 32.1. The van der Waals surface area contributed by atoms with Crippen LogP contribution in [0, 0.1) is 6.92 Å². The van der Waals surface area contributed by atoms with Crippen LogP contribution in [-0.4, -0.2) is 17.9 Å². The lowest BCUT2D eigenvalue weighted by Crippen LogP contribution is -2.31. The molecule has 1 aliphatic rings. The Morgan fingerprint density at radius 3 is 2.44 bits per heavy atom. The van der Waals surface area contributed by atoms with E-state index in [2.05, 4.69) is 10.6 Å². The topological polar surface area (TPSA) is 67.4 Å². The fourth-order valence-electron chi connectivity index (χ4n) is 3.71. The van der Waals surface area contributed by atoms with Crippen LogP contribution < -0.4 is 15.4 Å². The highest BCUT2D eigenvalue weighted by Crippen LogP contribution is 2.25. The standard InChI is InChI=1S/C26H26N2O3S/c1-18-7-2-5-11-23(18)25(29)28-24(17-22-10-6-16-32-22)26(30)27-19-12-14-21(15-13-19)31-20-8-3-4-9-20/h2,5-7,10-17,20H,3-4,8-9H2,1H3,(H,27,30)(H,28,29)/b24-17-. The lowest BCUT2D eigenvalue weighted by Gasteiger charge is -2.14. The molecular formula is C26H26N2O3S. The van der Waals surface area contributed by atoms with E-state index >= 15 is 0 Å². The Balaban J connectivity index is 1.48. The van der Waals surface area contributed by atoms with E-state index in [9.17, 15) is 9.59 Å². The summed E-state index contributed by atoms with van der Waals surface area (Å²) in [6.07, 6.45) is 6.59. The molecule has 0 saturated heterocycles. The maximum Gasteiger partial charge on any atom is 0.272 e. The summed E-state index contributed by atoms with van der Waals surface area (Å²) in [5.74, 6) is 0.100. The Hall–Kier alpha value is -3.38. The van der Waals surface area contributed by atoms with Gasteiger partial charge in [-0.15, -0.1) is 11.3 Å². The normalized spacial score (nSPS) is 14.2. The summed E-state index contributed by atoms with van der Waals surface area (Å²) < 4.78 is 5.99. The summed E-state index contributed by atoms with van der Waals surface area (Å²) in [6.45, 7) is 1.87. The lowest BCUT2D eigenvalue weighted by atomic mass is 10.1. The molecule has 1 aliphatic carbocycles. The molecule has 3 aromatic rings. The number of carbonyl (C=O) groups is 2. The molecule has 164 valence electrons. The summed E-state index contributed by atoms with van der Waals surface area (Å²) >= 11 is 1.49. The number of amides is 2. The minimum Gasteiger partial charge on any atom is -0.490 e. The summed E-state index contributed by atoms with van der Waals surface area (Å²) in [4.78, 5) is 26.7. The van der Waals surface area contributed by atoms with Crippen LogP contribution in [-0.2, 0) is 4.79 Å². The minimum absolute atomic E-state index is 0.187. The van der Waals surface area contributed by atoms with Crippen LogP contribution in [0.3, 0.4) is 0 Å². The van der Waals surface area contributed by atoms with Crippen molar-refractivity contribution in [1.82, 2.24) is 5.32 Å². The monoisotopic (exact) mass is 446 g/mol. The first-order valence-electron chi connectivity index (χ1n) is 10.8. The van der Waals surface area contributed by atoms with Gasteiger partial charge in [-0.05, 0) is 86.0 Å². The highest BCUT2D eigenvalue weighted by Gasteiger charge is 2.18. The number of rotatable bonds is 7. The van der Waals surface area contributed by atoms with Gasteiger partial charge in [0.2, 0.25) is 0 Å². The van der Waals surface area contributed by atoms with Crippen molar-refractivity contribution in [1.29, 1.82) is 0 Å². The molecule has 1 fully saturated rings. The van der Waals surface area contributed by atoms with Crippen molar-refractivity contribution in [2.75, 3.05) is 5.32 Å². The molecule has 2 N–H and O–H groups in total. The molecule has 5 nitrogen and oxygen atoms in total. The Morgan fingerprint density at radius 2 is 1.75 bits per heavy atom. The first-order valence-corrected chi connectivity index (χ1v) is 11.7. The van der Waals surface area contributed by atoms with Crippen molar-refractivity contribution < 1.29 is 14.3 Å². The number of aryl methyl sites for hydroxylation is 1. The first kappa shape index (κ1) is 21.8. The SMILES string of the molecule is Cc1ccccc1C(=O)N/C(=C\c1cccs1)C(=O)Nc1ccc(OC2CCCC2)cc1. The predicted octanol–water partition coefficient (Wildman–Crippen LogP) is 5.79. The number of ether oxygens (including phenoxy) is 1. The fourth-order valence-corrected chi connectivity index (χ4v) is 4.36. The van der Waals surface area contributed by atoms with Gasteiger partial charge in [0.15, 0.2) is 0 Å². The number of carbonyl (C=O) groups excluding carboxylic acids is 2. The molecule has 0 aliphatic heterocycles. The van der Waals surface area contributed by atoms with Crippen LogP contribution in [0.15, 0.2) is 71.7 Å². The second-order valence-corrected chi connectivity index (χ2v) is 8.82. The van der Waals surface area contributed by atoms with Gasteiger partial charge in [-0.1, -0.05) is 24.3 Å². The molecule has 32 heavy (non-hydrogen) atoms. The summed E-state index contributed by atoms with van der Waals surface area (Å²) in [5, 5.41) is 7.58. The van der Waals surface area contributed by atoms with Gasteiger partial charge >= 0.3 is 0 Å². The third kappa shape index (κ3) is 5.65. The molecule has 6 heteroatoms. The molecule has 0 radical (unpaired) electrons. The molecule has 2 aromatic carbocycles. The number of thiophene rings is 1. The van der Waals surface area contributed by atoms with Crippen molar-refractivity contribution >= 4 is 34.9 Å². The summed E-state index contributed by atoms with van der Waals surface area (Å²) in [5.41, 5.74) is 2.20. The molecular weight excluding hydrogens is 420 g/mol. The Bertz CT molecular complexity index is 1100. The summed E-state index contributed by atoms with van der Waals surface area (Å²) in [7, 11) is 0. The van der Waals surface area contributed by atoms with Gasteiger partial charge in [-0.25, -0.2) is 0 Å². The van der Waals surface area contributed by atoms with E-state index in [-0.39, 0.29) is 23.6 Å². The number of hydrogen-bond acceptors (Lipinski definition) is 4. The predicted molar refractivity (Wildman–Crippen MR) is 129 cm³/mol. The summed E-state index contributed by atoms with van der Waals surface area (Å²) in [6, 6.07) is 18.4. The van der Waals surface area contributed by atoms with E-state index < -0.39 is 0 Å². The van der Waals surface area contributed by atoms with Crippen molar-refractivity contribution in [2.24, 2.45) is 0 Å². The van der Waals surface area contributed by atoms with Gasteiger partial charge < -0.3 is 15.4 Å². The van der Waals surface area contributed by atoms with Crippen molar-refractivity contribution in [3.8, 4) is 5.75 Å². The van der Waals surface area contributed by atoms with E-state index in [0.717, 1.165) is 29.0 Å². The van der Waals surface area contributed by atoms with Crippen molar-refractivity contribution in [2.45, 2.75) is 38.7 Å². The second kappa shape index (κ2) is 10.3. The van der Waals surface area contributed by atoms with Crippen molar-refractivity contribution in [3.05, 3.63) is 87.7 Å². The van der Waals surface area contributed by atoms with Crippen LogP contribution in [0.25, 0.3) is 6.08 Å². The Morgan fingerprint density at radius 1 is 1.00 bits per heavy atom. The maximum atomic E-state index is 13.0. The molecule has 0 atom stereocenters. The number of nitrogens with one attached hydrogen (secondary N) is 2. The van der Waals surface area contributed by atoms with Crippen molar-refractivity contribution in [3.63, 3.8) is 0 Å². The zero-order valence-electron chi connectivity index (χ0n) is 18.0. The average molecular weight is 447 g/mol. The van der Waals surface area contributed by atoms with E-state index in [1.807, 2.05) is 60.8 Å². The highest BCUT2D eigenvalue weighted by molar-refractivity contribution is 7.10. The van der Waals surface area contributed by atoms with Gasteiger partial charge in [0, 0.05) is 16.1 Å². The van der Waals surface area contributed by atoms with Gasteiger partial charge in [0.1, 0.15) is 11.4 Å². The Kier molecular flexibility index (Phi) is 7.02. The lowest BCUT2D eigenvalue weighted by molar-refractivity contribution is -0.113. The van der Waals surface area contributed by atoms with E-state index in [4.69, 9.17) is 4.74 Å². The van der Waals surface area contributed by atoms with Crippen LogP contribution in [0.1, 0.15) is 46.5 Å². The fraction of sp³-hybridized carbons (Fsp3) is 0.231. The second-order valence-electron chi connectivity index (χ2n) is 7.85. The quantitative estimate of drug-likeness (QED) is 0.452. The van der Waals surface area contributed by atoms with Crippen LogP contribution in [0.2, 0.25) is 0 Å².